The molecule has 1 atom stereocenters. The van der Waals surface area contributed by atoms with Crippen molar-refractivity contribution in [3.63, 3.8) is 0 Å². The maximum absolute atomic E-state index is 12.4. The average molecular weight is 313 g/mol. The van der Waals surface area contributed by atoms with Crippen molar-refractivity contribution in [2.75, 3.05) is 29.9 Å². The van der Waals surface area contributed by atoms with Crippen molar-refractivity contribution < 1.29 is 9.59 Å². The Kier molecular flexibility index (Phi) is 3.60. The topological polar surface area (TPSA) is 61.4 Å². The lowest BCUT2D eigenvalue weighted by atomic mass is 9.92. The molecule has 2 N–H and O–H groups in total. The Morgan fingerprint density at radius 3 is 2.61 bits per heavy atom. The lowest BCUT2D eigenvalue weighted by Gasteiger charge is -2.23. The Hall–Kier alpha value is -1.88. The van der Waals surface area contributed by atoms with E-state index in [1.54, 1.807) is 0 Å². The Balaban J connectivity index is 1.38. The highest BCUT2D eigenvalue weighted by atomic mass is 16.2. The van der Waals surface area contributed by atoms with Gasteiger partial charge in [-0.1, -0.05) is 0 Å². The molecule has 2 saturated heterocycles. The quantitative estimate of drug-likeness (QED) is 0.899. The second-order valence-electron chi connectivity index (χ2n) is 7.05. The molecule has 5 nitrogen and oxygen atoms in total. The van der Waals surface area contributed by atoms with Crippen LogP contribution in [0, 0.1) is 11.3 Å². The van der Waals surface area contributed by atoms with E-state index >= 15 is 0 Å². The van der Waals surface area contributed by atoms with Gasteiger partial charge in [-0.2, -0.15) is 0 Å². The second kappa shape index (κ2) is 5.64. The SMILES string of the molecule is O=C(Nc1ccc(N2CCCC2=O)cc1)C1CC12CCNCC2. The number of piperidine rings is 1. The molecule has 3 aliphatic rings. The van der Waals surface area contributed by atoms with Crippen LogP contribution in [-0.2, 0) is 9.59 Å². The molecule has 1 aromatic carbocycles. The van der Waals surface area contributed by atoms with Crippen LogP contribution in [-0.4, -0.2) is 31.4 Å². The lowest BCUT2D eigenvalue weighted by molar-refractivity contribution is -0.118. The number of hydrogen-bond donors (Lipinski definition) is 2. The number of carbonyl (C=O) groups excluding carboxylic acids is 2. The van der Waals surface area contributed by atoms with Gasteiger partial charge in [0.15, 0.2) is 0 Å². The zero-order chi connectivity index (χ0) is 15.9. The molecule has 3 fully saturated rings. The third-order valence-electron chi connectivity index (χ3n) is 5.63. The van der Waals surface area contributed by atoms with Gasteiger partial charge in [0.2, 0.25) is 11.8 Å². The number of hydrogen-bond acceptors (Lipinski definition) is 3. The zero-order valence-corrected chi connectivity index (χ0v) is 13.3. The Morgan fingerprint density at radius 1 is 1.22 bits per heavy atom. The summed E-state index contributed by atoms with van der Waals surface area (Å²) in [5.41, 5.74) is 2.00. The molecule has 1 aromatic rings. The summed E-state index contributed by atoms with van der Waals surface area (Å²) in [6, 6.07) is 7.64. The van der Waals surface area contributed by atoms with Crippen LogP contribution >= 0.6 is 0 Å². The molecule has 4 rings (SSSR count). The number of nitrogens with one attached hydrogen (secondary N) is 2. The van der Waals surface area contributed by atoms with E-state index in [4.69, 9.17) is 0 Å². The predicted molar refractivity (Wildman–Crippen MR) is 89.3 cm³/mol. The van der Waals surface area contributed by atoms with Gasteiger partial charge < -0.3 is 15.5 Å². The molecule has 1 spiro atoms. The summed E-state index contributed by atoms with van der Waals surface area (Å²) in [5.74, 6) is 0.508. The van der Waals surface area contributed by atoms with E-state index in [0.717, 1.165) is 56.7 Å². The Bertz CT molecular complexity index is 620. The van der Waals surface area contributed by atoms with Gasteiger partial charge >= 0.3 is 0 Å². The minimum atomic E-state index is 0.150. The van der Waals surface area contributed by atoms with Crippen LogP contribution in [0.15, 0.2) is 24.3 Å². The fourth-order valence-corrected chi connectivity index (χ4v) is 4.07. The van der Waals surface area contributed by atoms with Gasteiger partial charge in [0.05, 0.1) is 0 Å². The summed E-state index contributed by atoms with van der Waals surface area (Å²) in [6.07, 6.45) is 4.82. The van der Waals surface area contributed by atoms with Crippen molar-refractivity contribution >= 4 is 23.2 Å². The van der Waals surface area contributed by atoms with Crippen molar-refractivity contribution in [3.05, 3.63) is 24.3 Å². The first-order valence-corrected chi connectivity index (χ1v) is 8.60. The molecule has 2 amide bonds. The minimum absolute atomic E-state index is 0.150. The third kappa shape index (κ3) is 2.74. The third-order valence-corrected chi connectivity index (χ3v) is 5.63. The van der Waals surface area contributed by atoms with Crippen LogP contribution < -0.4 is 15.5 Å². The van der Waals surface area contributed by atoms with Crippen LogP contribution in [0.4, 0.5) is 11.4 Å². The van der Waals surface area contributed by atoms with Gasteiger partial charge in [-0.3, -0.25) is 9.59 Å². The van der Waals surface area contributed by atoms with Crippen molar-refractivity contribution in [3.8, 4) is 0 Å². The summed E-state index contributed by atoms with van der Waals surface area (Å²) in [5, 5.41) is 6.40. The molecular weight excluding hydrogens is 290 g/mol. The van der Waals surface area contributed by atoms with E-state index < -0.39 is 0 Å². The molecule has 1 aliphatic carbocycles. The smallest absolute Gasteiger partial charge is 0.228 e. The van der Waals surface area contributed by atoms with E-state index in [9.17, 15) is 9.59 Å². The largest absolute Gasteiger partial charge is 0.326 e. The summed E-state index contributed by atoms with van der Waals surface area (Å²) in [6.45, 7) is 2.86. The van der Waals surface area contributed by atoms with Gasteiger partial charge in [0, 0.05) is 30.3 Å². The van der Waals surface area contributed by atoms with Gasteiger partial charge in [-0.05, 0) is 68.5 Å². The normalized spacial score (nSPS) is 25.7. The zero-order valence-electron chi connectivity index (χ0n) is 13.3. The minimum Gasteiger partial charge on any atom is -0.326 e. The highest BCUT2D eigenvalue weighted by Crippen LogP contribution is 2.58. The maximum atomic E-state index is 12.4. The molecule has 122 valence electrons. The van der Waals surface area contributed by atoms with E-state index in [2.05, 4.69) is 10.6 Å². The molecule has 0 bridgehead atoms. The van der Waals surface area contributed by atoms with E-state index in [1.165, 1.54) is 0 Å². The van der Waals surface area contributed by atoms with Gasteiger partial charge in [-0.25, -0.2) is 0 Å². The first-order chi connectivity index (χ1) is 11.2. The van der Waals surface area contributed by atoms with Crippen molar-refractivity contribution in [1.82, 2.24) is 5.32 Å². The number of amides is 2. The summed E-state index contributed by atoms with van der Waals surface area (Å²) >= 11 is 0. The maximum Gasteiger partial charge on any atom is 0.228 e. The number of nitrogens with zero attached hydrogens (tertiary/aromatic N) is 1. The second-order valence-corrected chi connectivity index (χ2v) is 7.05. The number of anilines is 2. The summed E-state index contributed by atoms with van der Waals surface area (Å²) in [7, 11) is 0. The van der Waals surface area contributed by atoms with E-state index in [1.807, 2.05) is 29.2 Å². The molecule has 5 heteroatoms. The fraction of sp³-hybridized carbons (Fsp3) is 0.556. The van der Waals surface area contributed by atoms with Crippen LogP contribution in [0.2, 0.25) is 0 Å². The summed E-state index contributed by atoms with van der Waals surface area (Å²) < 4.78 is 0. The molecule has 1 unspecified atom stereocenters. The van der Waals surface area contributed by atoms with Crippen LogP contribution in [0.25, 0.3) is 0 Å². The van der Waals surface area contributed by atoms with Crippen LogP contribution in [0.5, 0.6) is 0 Å². The molecule has 1 saturated carbocycles. The van der Waals surface area contributed by atoms with Gasteiger partial charge in [0.25, 0.3) is 0 Å². The molecule has 2 aliphatic heterocycles. The van der Waals surface area contributed by atoms with Gasteiger partial charge in [0.1, 0.15) is 0 Å². The van der Waals surface area contributed by atoms with Crippen molar-refractivity contribution in [1.29, 1.82) is 0 Å². The van der Waals surface area contributed by atoms with E-state index in [0.29, 0.717) is 6.42 Å². The number of rotatable bonds is 3. The van der Waals surface area contributed by atoms with Crippen LogP contribution in [0.1, 0.15) is 32.1 Å². The Morgan fingerprint density at radius 2 is 1.96 bits per heavy atom. The molecule has 2 heterocycles. The molecule has 0 radical (unpaired) electrons. The first kappa shape index (κ1) is 14.7. The number of carbonyl (C=O) groups is 2. The standard InChI is InChI=1S/C18H23N3O2/c22-16-2-1-11-21(16)14-5-3-13(4-6-14)20-17(23)15-12-18(15)7-9-19-10-8-18/h3-6,15,19H,1-2,7-12H2,(H,20,23). The lowest BCUT2D eigenvalue weighted by Crippen LogP contribution is -2.31. The number of benzene rings is 1. The van der Waals surface area contributed by atoms with Crippen LogP contribution in [0.3, 0.4) is 0 Å². The monoisotopic (exact) mass is 313 g/mol. The average Bonchev–Trinajstić information content (AvgIpc) is 3.08. The van der Waals surface area contributed by atoms with Crippen molar-refractivity contribution in [2.24, 2.45) is 11.3 Å². The summed E-state index contributed by atoms with van der Waals surface area (Å²) in [4.78, 5) is 26.0. The first-order valence-electron chi connectivity index (χ1n) is 8.60. The van der Waals surface area contributed by atoms with Gasteiger partial charge in [-0.15, -0.1) is 0 Å². The molecule has 23 heavy (non-hydrogen) atoms. The fourth-order valence-electron chi connectivity index (χ4n) is 4.07. The predicted octanol–water partition coefficient (Wildman–Crippen LogP) is 2.14. The highest BCUT2D eigenvalue weighted by Gasteiger charge is 2.57. The Labute approximate surface area is 136 Å². The molecule has 0 aromatic heterocycles. The highest BCUT2D eigenvalue weighted by molar-refractivity contribution is 5.97. The van der Waals surface area contributed by atoms with Crippen molar-refractivity contribution in [2.45, 2.75) is 32.1 Å². The molecular formula is C18H23N3O2. The van der Waals surface area contributed by atoms with E-state index in [-0.39, 0.29) is 23.1 Å².